The van der Waals surface area contributed by atoms with Crippen LogP contribution in [0.3, 0.4) is 0 Å². The standard InChI is InChI=1S/C12H23N3O2.ClH/c1-14(11-3-9-17-10-11)6-2-12(16)15-7-4-13-5-8-15;/h11,13H,2-10H2,1H3;1H. The summed E-state index contributed by atoms with van der Waals surface area (Å²) >= 11 is 0. The van der Waals surface area contributed by atoms with E-state index in [1.54, 1.807) is 0 Å². The van der Waals surface area contributed by atoms with Crippen molar-refractivity contribution in [1.82, 2.24) is 15.1 Å². The summed E-state index contributed by atoms with van der Waals surface area (Å²) in [5.74, 6) is 0.289. The lowest BCUT2D eigenvalue weighted by Crippen LogP contribution is -2.47. The van der Waals surface area contributed by atoms with Crippen LogP contribution in [-0.2, 0) is 9.53 Å². The van der Waals surface area contributed by atoms with Gasteiger partial charge in [-0.15, -0.1) is 12.4 Å². The lowest BCUT2D eigenvalue weighted by Gasteiger charge is -2.29. The Labute approximate surface area is 115 Å². The summed E-state index contributed by atoms with van der Waals surface area (Å²) in [5.41, 5.74) is 0. The van der Waals surface area contributed by atoms with Crippen LogP contribution in [0.2, 0.25) is 0 Å². The average molecular weight is 278 g/mol. The van der Waals surface area contributed by atoms with E-state index in [1.807, 2.05) is 4.90 Å². The molecule has 1 amide bonds. The van der Waals surface area contributed by atoms with Gasteiger partial charge >= 0.3 is 0 Å². The highest BCUT2D eigenvalue weighted by Gasteiger charge is 2.22. The molecule has 2 aliphatic rings. The first-order valence-corrected chi connectivity index (χ1v) is 6.54. The number of hydrogen-bond acceptors (Lipinski definition) is 4. The third kappa shape index (κ3) is 4.39. The van der Waals surface area contributed by atoms with Crippen LogP contribution in [0.5, 0.6) is 0 Å². The first kappa shape index (κ1) is 15.7. The predicted octanol–water partition coefficient (Wildman–Crippen LogP) is -0.0492. The molecule has 18 heavy (non-hydrogen) atoms. The lowest BCUT2D eigenvalue weighted by molar-refractivity contribution is -0.132. The van der Waals surface area contributed by atoms with Crippen molar-refractivity contribution in [3.05, 3.63) is 0 Å². The maximum Gasteiger partial charge on any atom is 0.223 e. The van der Waals surface area contributed by atoms with Crippen molar-refractivity contribution < 1.29 is 9.53 Å². The van der Waals surface area contributed by atoms with Crippen molar-refractivity contribution in [2.24, 2.45) is 0 Å². The third-order valence-corrected chi connectivity index (χ3v) is 3.68. The van der Waals surface area contributed by atoms with Crippen molar-refractivity contribution in [1.29, 1.82) is 0 Å². The highest BCUT2D eigenvalue weighted by Crippen LogP contribution is 2.11. The number of carbonyl (C=O) groups excluding carboxylic acids is 1. The molecular weight excluding hydrogens is 254 g/mol. The number of piperazine rings is 1. The van der Waals surface area contributed by atoms with E-state index in [1.165, 1.54) is 0 Å². The maximum absolute atomic E-state index is 12.0. The lowest BCUT2D eigenvalue weighted by atomic mass is 10.2. The Bertz CT molecular complexity index is 254. The zero-order valence-corrected chi connectivity index (χ0v) is 11.9. The Morgan fingerprint density at radius 1 is 1.44 bits per heavy atom. The van der Waals surface area contributed by atoms with Crippen LogP contribution in [0.4, 0.5) is 0 Å². The second kappa shape index (κ2) is 7.94. The van der Waals surface area contributed by atoms with Gasteiger partial charge in [-0.1, -0.05) is 0 Å². The monoisotopic (exact) mass is 277 g/mol. The topological polar surface area (TPSA) is 44.8 Å². The zero-order valence-electron chi connectivity index (χ0n) is 11.1. The molecule has 0 radical (unpaired) electrons. The minimum atomic E-state index is 0. The number of likely N-dealkylation sites (N-methyl/N-ethyl adjacent to an activating group) is 1. The molecule has 2 aliphatic heterocycles. The molecule has 2 heterocycles. The molecule has 6 heteroatoms. The zero-order chi connectivity index (χ0) is 12.1. The molecule has 2 saturated heterocycles. The molecule has 0 saturated carbocycles. The molecule has 1 N–H and O–H groups in total. The highest BCUT2D eigenvalue weighted by atomic mass is 35.5. The molecule has 2 rings (SSSR count). The number of carbonyl (C=O) groups is 1. The number of rotatable bonds is 4. The van der Waals surface area contributed by atoms with Gasteiger partial charge in [0.1, 0.15) is 0 Å². The second-order valence-corrected chi connectivity index (χ2v) is 4.88. The maximum atomic E-state index is 12.0. The quantitative estimate of drug-likeness (QED) is 0.783. The normalized spacial score (nSPS) is 24.1. The van der Waals surface area contributed by atoms with Crippen LogP contribution in [0.1, 0.15) is 12.8 Å². The third-order valence-electron chi connectivity index (χ3n) is 3.68. The summed E-state index contributed by atoms with van der Waals surface area (Å²) in [4.78, 5) is 16.2. The van der Waals surface area contributed by atoms with Crippen LogP contribution >= 0.6 is 12.4 Å². The summed E-state index contributed by atoms with van der Waals surface area (Å²) in [6.07, 6.45) is 1.73. The van der Waals surface area contributed by atoms with E-state index >= 15 is 0 Å². The molecule has 106 valence electrons. The van der Waals surface area contributed by atoms with Crippen LogP contribution in [0, 0.1) is 0 Å². The number of nitrogens with zero attached hydrogens (tertiary/aromatic N) is 2. The fourth-order valence-corrected chi connectivity index (χ4v) is 2.40. The van der Waals surface area contributed by atoms with Gasteiger partial charge in [-0.25, -0.2) is 0 Å². The van der Waals surface area contributed by atoms with Crippen LogP contribution in [0.25, 0.3) is 0 Å². The Morgan fingerprint density at radius 2 is 2.17 bits per heavy atom. The summed E-state index contributed by atoms with van der Waals surface area (Å²) in [5, 5.41) is 3.26. The Kier molecular flexibility index (Phi) is 6.92. The minimum Gasteiger partial charge on any atom is -0.380 e. The number of ether oxygens (including phenoxy) is 1. The van der Waals surface area contributed by atoms with Crippen molar-refractivity contribution in [3.8, 4) is 0 Å². The number of halogens is 1. The molecular formula is C12H24ClN3O2. The summed E-state index contributed by atoms with van der Waals surface area (Å²) in [6, 6.07) is 0.505. The average Bonchev–Trinajstić information content (AvgIpc) is 2.90. The number of hydrogen-bond donors (Lipinski definition) is 1. The molecule has 1 atom stereocenters. The van der Waals surface area contributed by atoms with Crippen LogP contribution in [0.15, 0.2) is 0 Å². The fraction of sp³-hybridized carbons (Fsp3) is 0.917. The van der Waals surface area contributed by atoms with E-state index in [0.717, 1.165) is 52.4 Å². The largest absolute Gasteiger partial charge is 0.380 e. The van der Waals surface area contributed by atoms with Gasteiger partial charge in [0, 0.05) is 51.8 Å². The smallest absolute Gasteiger partial charge is 0.223 e. The van der Waals surface area contributed by atoms with Gasteiger partial charge in [0.05, 0.1) is 6.61 Å². The molecule has 0 bridgehead atoms. The first-order valence-electron chi connectivity index (χ1n) is 6.54. The molecule has 2 fully saturated rings. The van der Waals surface area contributed by atoms with E-state index in [-0.39, 0.29) is 18.3 Å². The molecule has 1 unspecified atom stereocenters. The Hall–Kier alpha value is -0.360. The Balaban J connectivity index is 0.00000162. The molecule has 0 spiro atoms. The molecule has 5 nitrogen and oxygen atoms in total. The van der Waals surface area contributed by atoms with E-state index in [4.69, 9.17) is 4.74 Å². The van der Waals surface area contributed by atoms with Crippen LogP contribution in [-0.4, -0.2) is 74.7 Å². The van der Waals surface area contributed by atoms with Crippen molar-refractivity contribution >= 4 is 18.3 Å². The van der Waals surface area contributed by atoms with E-state index in [2.05, 4.69) is 17.3 Å². The fourth-order valence-electron chi connectivity index (χ4n) is 2.40. The number of amides is 1. The Morgan fingerprint density at radius 3 is 2.78 bits per heavy atom. The molecule has 0 aromatic carbocycles. The SMILES string of the molecule is CN(CCC(=O)N1CCNCC1)C1CCOC1.Cl. The van der Waals surface area contributed by atoms with Gasteiger partial charge in [-0.05, 0) is 13.5 Å². The second-order valence-electron chi connectivity index (χ2n) is 4.88. The van der Waals surface area contributed by atoms with Crippen molar-refractivity contribution in [2.45, 2.75) is 18.9 Å². The van der Waals surface area contributed by atoms with Gasteiger partial charge in [-0.3, -0.25) is 4.79 Å². The van der Waals surface area contributed by atoms with Gasteiger partial charge in [-0.2, -0.15) is 0 Å². The van der Waals surface area contributed by atoms with Gasteiger partial charge < -0.3 is 19.9 Å². The number of nitrogens with one attached hydrogen (secondary N) is 1. The van der Waals surface area contributed by atoms with Gasteiger partial charge in [0.15, 0.2) is 0 Å². The molecule has 0 aromatic heterocycles. The predicted molar refractivity (Wildman–Crippen MR) is 73.2 cm³/mol. The van der Waals surface area contributed by atoms with Crippen LogP contribution < -0.4 is 5.32 Å². The van der Waals surface area contributed by atoms with Gasteiger partial charge in [0.2, 0.25) is 5.91 Å². The van der Waals surface area contributed by atoms with Crippen molar-refractivity contribution in [3.63, 3.8) is 0 Å². The molecule has 0 aromatic rings. The van der Waals surface area contributed by atoms with E-state index in [9.17, 15) is 4.79 Å². The highest BCUT2D eigenvalue weighted by molar-refractivity contribution is 5.85. The van der Waals surface area contributed by atoms with Crippen molar-refractivity contribution in [2.75, 3.05) is 53.0 Å². The summed E-state index contributed by atoms with van der Waals surface area (Å²) in [6.45, 7) is 6.09. The minimum absolute atomic E-state index is 0. The first-order chi connectivity index (χ1) is 8.27. The summed E-state index contributed by atoms with van der Waals surface area (Å²) < 4.78 is 5.36. The van der Waals surface area contributed by atoms with Gasteiger partial charge in [0.25, 0.3) is 0 Å². The summed E-state index contributed by atoms with van der Waals surface area (Å²) in [7, 11) is 2.09. The molecule has 0 aliphatic carbocycles. The van der Waals surface area contributed by atoms with E-state index in [0.29, 0.717) is 12.5 Å². The van der Waals surface area contributed by atoms with E-state index < -0.39 is 0 Å².